The average molecular weight is 669 g/mol. The van der Waals surface area contributed by atoms with E-state index in [0.717, 1.165) is 43.5 Å². The number of anilines is 2. The van der Waals surface area contributed by atoms with E-state index in [9.17, 15) is 5.21 Å². The van der Waals surface area contributed by atoms with E-state index in [0.29, 0.717) is 4.73 Å². The quantitative estimate of drug-likeness (QED) is 0.0510. The SMILES string of the molecule is CCCCN.CCCCN.CCCCNc1ccccn1.CCCCNc1ccccn1.Cc1ccccn1.[O-][n+]1ccccc1Cl. The lowest BCUT2D eigenvalue weighted by Crippen LogP contribution is -2.25. The van der Waals surface area contributed by atoms with E-state index in [1.807, 2.05) is 61.5 Å². The zero-order valence-electron chi connectivity index (χ0n) is 29.5. The third kappa shape index (κ3) is 33.4. The van der Waals surface area contributed by atoms with Gasteiger partial charge in [0.1, 0.15) is 11.6 Å². The molecule has 0 amide bonds. The Hall–Kier alpha value is -3.79. The van der Waals surface area contributed by atoms with Crippen LogP contribution in [0.1, 0.15) is 84.8 Å². The maximum absolute atomic E-state index is 10.4. The molecule has 4 heterocycles. The molecule has 0 aliphatic carbocycles. The first kappa shape index (κ1) is 45.3. The van der Waals surface area contributed by atoms with Crippen LogP contribution in [0.15, 0.2) is 97.6 Å². The molecular weight excluding hydrogens is 608 g/mol. The number of pyridine rings is 4. The summed E-state index contributed by atoms with van der Waals surface area (Å²) in [5.74, 6) is 1.95. The molecule has 0 radical (unpaired) electrons. The Morgan fingerprint density at radius 1 is 0.617 bits per heavy atom. The first-order valence-electron chi connectivity index (χ1n) is 16.8. The van der Waals surface area contributed by atoms with Crippen LogP contribution in [0.4, 0.5) is 11.6 Å². The fourth-order valence-corrected chi connectivity index (χ4v) is 3.11. The molecule has 0 saturated carbocycles. The van der Waals surface area contributed by atoms with Gasteiger partial charge in [0.05, 0.1) is 0 Å². The van der Waals surface area contributed by atoms with Gasteiger partial charge in [-0.05, 0) is 99.8 Å². The Bertz CT molecular complexity index is 1070. The van der Waals surface area contributed by atoms with Crippen LogP contribution >= 0.6 is 11.6 Å². The summed E-state index contributed by atoms with van der Waals surface area (Å²) in [5, 5.41) is 17.1. The zero-order chi connectivity index (χ0) is 35.2. The summed E-state index contributed by atoms with van der Waals surface area (Å²) in [7, 11) is 0. The zero-order valence-corrected chi connectivity index (χ0v) is 30.2. The van der Waals surface area contributed by atoms with Crippen LogP contribution in [-0.2, 0) is 0 Å². The minimum absolute atomic E-state index is 0.201. The van der Waals surface area contributed by atoms with Crippen LogP contribution in [0.2, 0.25) is 5.15 Å². The number of aryl methyl sites for hydroxylation is 1. The molecule has 4 aromatic rings. The second-order valence-electron chi connectivity index (χ2n) is 10.1. The molecule has 262 valence electrons. The molecule has 0 bridgehead atoms. The van der Waals surface area contributed by atoms with Crippen LogP contribution in [0.3, 0.4) is 0 Å². The summed E-state index contributed by atoms with van der Waals surface area (Å²) in [6.07, 6.45) is 16.4. The van der Waals surface area contributed by atoms with E-state index in [1.54, 1.807) is 30.7 Å². The predicted molar refractivity (Wildman–Crippen MR) is 203 cm³/mol. The van der Waals surface area contributed by atoms with Crippen molar-refractivity contribution in [2.24, 2.45) is 11.5 Å². The number of rotatable bonds is 12. The van der Waals surface area contributed by atoms with Gasteiger partial charge in [0.15, 0.2) is 6.20 Å². The molecular formula is C37H61ClN8O. The number of hydrogen-bond donors (Lipinski definition) is 4. The van der Waals surface area contributed by atoms with Crippen LogP contribution in [0.5, 0.6) is 0 Å². The summed E-state index contributed by atoms with van der Waals surface area (Å²) in [5.41, 5.74) is 11.3. The summed E-state index contributed by atoms with van der Waals surface area (Å²) in [6, 6.07) is 22.5. The third-order valence-electron chi connectivity index (χ3n) is 5.71. The van der Waals surface area contributed by atoms with Crippen molar-refractivity contribution in [3.05, 3.63) is 114 Å². The monoisotopic (exact) mass is 668 g/mol. The number of nitrogens with two attached hydrogens (primary N) is 2. The van der Waals surface area contributed by atoms with Crippen molar-refractivity contribution in [2.45, 2.75) is 86.0 Å². The van der Waals surface area contributed by atoms with Gasteiger partial charge >= 0.3 is 0 Å². The van der Waals surface area contributed by atoms with E-state index >= 15 is 0 Å². The Morgan fingerprint density at radius 3 is 1.28 bits per heavy atom. The van der Waals surface area contributed by atoms with Gasteiger partial charge in [-0.15, -0.1) is 0 Å². The summed E-state index contributed by atoms with van der Waals surface area (Å²) in [6.45, 7) is 14.3. The van der Waals surface area contributed by atoms with Gasteiger partial charge in [0, 0.05) is 49.5 Å². The number of nitrogens with zero attached hydrogens (tertiary/aromatic N) is 4. The van der Waals surface area contributed by atoms with Crippen molar-refractivity contribution < 1.29 is 4.73 Å². The topological polar surface area (TPSA) is 142 Å². The minimum atomic E-state index is 0.201. The molecule has 0 aliphatic heterocycles. The molecule has 0 spiro atoms. The van der Waals surface area contributed by atoms with E-state index in [4.69, 9.17) is 23.1 Å². The van der Waals surface area contributed by atoms with Crippen molar-refractivity contribution in [2.75, 3.05) is 36.8 Å². The highest BCUT2D eigenvalue weighted by atomic mass is 35.5. The van der Waals surface area contributed by atoms with Crippen LogP contribution < -0.4 is 26.8 Å². The molecule has 6 N–H and O–H groups in total. The van der Waals surface area contributed by atoms with Gasteiger partial charge in [0.2, 0.25) is 0 Å². The number of unbranched alkanes of at least 4 members (excludes halogenated alkanes) is 4. The lowest BCUT2D eigenvalue weighted by Gasteiger charge is -2.02. The van der Waals surface area contributed by atoms with Crippen LogP contribution in [0, 0.1) is 12.1 Å². The average Bonchev–Trinajstić information content (AvgIpc) is 3.10. The van der Waals surface area contributed by atoms with Gasteiger partial charge in [-0.25, -0.2) is 9.97 Å². The smallest absolute Gasteiger partial charge is 0.286 e. The molecule has 4 rings (SSSR count). The summed E-state index contributed by atoms with van der Waals surface area (Å²) >= 11 is 5.36. The predicted octanol–water partition coefficient (Wildman–Crippen LogP) is 8.44. The number of nitrogens with one attached hydrogen (secondary N) is 2. The largest absolute Gasteiger partial charge is 0.618 e. The summed E-state index contributed by atoms with van der Waals surface area (Å²) < 4.78 is 0.599. The van der Waals surface area contributed by atoms with Gasteiger partial charge < -0.3 is 27.3 Å². The molecule has 0 atom stereocenters. The minimum Gasteiger partial charge on any atom is -0.618 e. The lowest BCUT2D eigenvalue weighted by atomic mass is 10.3. The van der Waals surface area contributed by atoms with Crippen LogP contribution in [-0.4, -0.2) is 41.1 Å². The van der Waals surface area contributed by atoms with Crippen molar-refractivity contribution in [1.82, 2.24) is 15.0 Å². The fourth-order valence-electron chi connectivity index (χ4n) is 2.98. The standard InChI is InChI=1S/2C9H14N2.C6H7N.C5H4ClNO.2C4H11N/c2*1-2-3-7-10-9-6-4-5-8-11-9;1-6-4-2-3-5-7-6;6-5-3-1-2-4-7(5)8;2*1-2-3-4-5/h2*4-6,8H,2-3,7H2,1H3,(H,10,11);2-5H,1H3;1-4H;2*2-5H2,1H3. The van der Waals surface area contributed by atoms with E-state index in [-0.39, 0.29) is 5.15 Å². The molecule has 9 nitrogen and oxygen atoms in total. The molecule has 10 heteroatoms. The molecule has 0 unspecified atom stereocenters. The normalized spacial score (nSPS) is 9.11. The first-order chi connectivity index (χ1) is 22.9. The van der Waals surface area contributed by atoms with Crippen molar-refractivity contribution >= 4 is 23.2 Å². The molecule has 0 aliphatic rings. The van der Waals surface area contributed by atoms with Crippen molar-refractivity contribution in [1.29, 1.82) is 0 Å². The van der Waals surface area contributed by atoms with Crippen molar-refractivity contribution in [3.8, 4) is 0 Å². The first-order valence-corrected chi connectivity index (χ1v) is 17.2. The number of halogens is 1. The van der Waals surface area contributed by atoms with E-state index in [2.05, 4.69) is 53.3 Å². The molecule has 47 heavy (non-hydrogen) atoms. The highest BCUT2D eigenvalue weighted by Crippen LogP contribution is 2.00. The third-order valence-corrected chi connectivity index (χ3v) is 6.00. The van der Waals surface area contributed by atoms with Gasteiger partial charge in [-0.2, -0.15) is 4.73 Å². The van der Waals surface area contributed by atoms with Gasteiger partial charge in [-0.3, -0.25) is 4.98 Å². The van der Waals surface area contributed by atoms with Gasteiger partial charge in [-0.1, -0.05) is 71.6 Å². The lowest BCUT2D eigenvalue weighted by molar-refractivity contribution is -0.603. The second kappa shape index (κ2) is 36.7. The van der Waals surface area contributed by atoms with Gasteiger partial charge in [0.25, 0.3) is 5.15 Å². The fraction of sp³-hybridized carbons (Fsp3) is 0.459. The van der Waals surface area contributed by atoms with Crippen LogP contribution in [0.25, 0.3) is 0 Å². The number of hydrogen-bond acceptors (Lipinski definition) is 8. The van der Waals surface area contributed by atoms with E-state index < -0.39 is 0 Å². The molecule has 4 aromatic heterocycles. The highest BCUT2D eigenvalue weighted by molar-refractivity contribution is 6.28. The molecule has 0 saturated heterocycles. The molecule has 0 aromatic carbocycles. The Labute approximate surface area is 290 Å². The Morgan fingerprint density at radius 2 is 1.04 bits per heavy atom. The highest BCUT2D eigenvalue weighted by Gasteiger charge is 1.93. The van der Waals surface area contributed by atoms with Crippen molar-refractivity contribution in [3.63, 3.8) is 0 Å². The summed E-state index contributed by atoms with van der Waals surface area (Å²) in [4.78, 5) is 12.3. The second-order valence-corrected chi connectivity index (χ2v) is 10.5. The Balaban J connectivity index is 0. The Kier molecular flexibility index (Phi) is 35.4. The molecule has 0 fully saturated rings. The maximum Gasteiger partial charge on any atom is 0.286 e. The van der Waals surface area contributed by atoms with E-state index in [1.165, 1.54) is 63.6 Å². The maximum atomic E-state index is 10.4. The number of aromatic nitrogens is 4.